The molecule has 0 aliphatic carbocycles. The van der Waals surface area contributed by atoms with Gasteiger partial charge < -0.3 is 9.84 Å². The predicted octanol–water partition coefficient (Wildman–Crippen LogP) is 8.45. The predicted molar refractivity (Wildman–Crippen MR) is 187 cm³/mol. The van der Waals surface area contributed by atoms with Crippen LogP contribution in [0.2, 0.25) is 10.0 Å². The third-order valence-corrected chi connectivity index (χ3v) is 10.1. The Balaban J connectivity index is 1.27. The van der Waals surface area contributed by atoms with E-state index in [1.165, 1.54) is 12.1 Å². The molecule has 0 spiro atoms. The first-order valence-electron chi connectivity index (χ1n) is 15.2. The van der Waals surface area contributed by atoms with Gasteiger partial charge in [-0.15, -0.1) is 0 Å². The van der Waals surface area contributed by atoms with E-state index < -0.39 is 21.9 Å². The van der Waals surface area contributed by atoms with Crippen LogP contribution in [0.25, 0.3) is 11.1 Å². The first kappa shape index (κ1) is 34.4. The van der Waals surface area contributed by atoms with Crippen LogP contribution in [-0.2, 0) is 27.5 Å². The second kappa shape index (κ2) is 15.7. The highest BCUT2D eigenvalue weighted by Gasteiger charge is 2.20. The van der Waals surface area contributed by atoms with Crippen LogP contribution in [-0.4, -0.2) is 44.1 Å². The number of rotatable bonds is 13. The van der Waals surface area contributed by atoms with Gasteiger partial charge in [0.05, 0.1) is 28.1 Å². The molecule has 0 amide bonds. The molecule has 5 aromatic carbocycles. The number of benzene rings is 5. The van der Waals surface area contributed by atoms with Crippen molar-refractivity contribution in [2.45, 2.75) is 35.8 Å². The molecule has 0 aliphatic heterocycles. The molecule has 0 radical (unpaired) electrons. The van der Waals surface area contributed by atoms with Crippen LogP contribution in [0.5, 0.6) is 0 Å². The quantitative estimate of drug-likeness (QED) is 0.125. The summed E-state index contributed by atoms with van der Waals surface area (Å²) in [6.07, 6.45) is -0.0580. The van der Waals surface area contributed by atoms with Crippen molar-refractivity contribution in [1.29, 1.82) is 0 Å². The highest BCUT2D eigenvalue weighted by Crippen LogP contribution is 2.32. The fourth-order valence-electron chi connectivity index (χ4n) is 5.30. The van der Waals surface area contributed by atoms with Crippen molar-refractivity contribution in [2.24, 2.45) is 0 Å². The Bertz CT molecular complexity index is 1910. The molecule has 5 rings (SSSR count). The zero-order chi connectivity index (χ0) is 33.4. The molecule has 47 heavy (non-hydrogen) atoms. The van der Waals surface area contributed by atoms with Gasteiger partial charge in [-0.1, -0.05) is 96.0 Å². The van der Waals surface area contributed by atoms with Crippen molar-refractivity contribution < 1.29 is 23.1 Å². The lowest BCUT2D eigenvalue weighted by atomic mass is 10.0. The molecule has 1 N–H and O–H groups in total. The van der Waals surface area contributed by atoms with Crippen molar-refractivity contribution in [3.63, 3.8) is 0 Å². The molecular weight excluding hydrogens is 653 g/mol. The molecule has 9 heteroatoms. The zero-order valence-electron chi connectivity index (χ0n) is 25.9. The minimum atomic E-state index is -3.82. The summed E-state index contributed by atoms with van der Waals surface area (Å²) in [6.45, 7) is 3.74. The number of carbonyl (C=O) groups is 1. The smallest absolute Gasteiger partial charge is 0.338 e. The molecule has 5 aromatic rings. The van der Waals surface area contributed by atoms with E-state index in [2.05, 4.69) is 17.0 Å². The van der Waals surface area contributed by atoms with Crippen LogP contribution in [0.3, 0.4) is 0 Å². The molecule has 0 bridgehead atoms. The third kappa shape index (κ3) is 8.89. The lowest BCUT2D eigenvalue weighted by Crippen LogP contribution is -2.30. The maximum atomic E-state index is 13.5. The number of nitrogens with zero attached hydrogens (tertiary/aromatic N) is 1. The molecule has 242 valence electrons. The van der Waals surface area contributed by atoms with Crippen molar-refractivity contribution in [3.8, 4) is 11.1 Å². The van der Waals surface area contributed by atoms with Gasteiger partial charge in [-0.2, -0.15) is 0 Å². The molecule has 1 atom stereocenters. The van der Waals surface area contributed by atoms with Gasteiger partial charge in [0, 0.05) is 35.2 Å². The molecule has 0 aromatic heterocycles. The van der Waals surface area contributed by atoms with E-state index in [0.29, 0.717) is 42.2 Å². The Labute approximate surface area is 286 Å². The minimum absolute atomic E-state index is 0.0891. The highest BCUT2D eigenvalue weighted by molar-refractivity contribution is 7.91. The Hall–Kier alpha value is -3.98. The van der Waals surface area contributed by atoms with Crippen LogP contribution in [0.1, 0.15) is 40.1 Å². The molecule has 0 saturated heterocycles. The van der Waals surface area contributed by atoms with E-state index in [1.807, 2.05) is 42.5 Å². The van der Waals surface area contributed by atoms with Crippen molar-refractivity contribution in [2.75, 3.05) is 19.7 Å². The maximum absolute atomic E-state index is 13.5. The summed E-state index contributed by atoms with van der Waals surface area (Å²) in [5, 5.41) is 11.8. The van der Waals surface area contributed by atoms with E-state index in [9.17, 15) is 18.3 Å². The summed E-state index contributed by atoms with van der Waals surface area (Å²) in [5.41, 5.74) is 4.68. The van der Waals surface area contributed by atoms with Crippen molar-refractivity contribution in [3.05, 3.63) is 154 Å². The third-order valence-electron chi connectivity index (χ3n) is 7.82. The average molecular weight is 689 g/mol. The number of hydrogen-bond acceptors (Lipinski definition) is 6. The van der Waals surface area contributed by atoms with Crippen LogP contribution in [0.4, 0.5) is 0 Å². The van der Waals surface area contributed by atoms with E-state index >= 15 is 0 Å². The van der Waals surface area contributed by atoms with Gasteiger partial charge in [0.2, 0.25) is 9.84 Å². The second-order valence-corrected chi connectivity index (χ2v) is 13.9. The summed E-state index contributed by atoms with van der Waals surface area (Å²) in [7, 11) is -3.82. The van der Waals surface area contributed by atoms with Gasteiger partial charge in [0.25, 0.3) is 0 Å². The molecule has 0 saturated carbocycles. The Morgan fingerprint density at radius 1 is 0.809 bits per heavy atom. The topological polar surface area (TPSA) is 83.9 Å². The number of hydrogen-bond donors (Lipinski definition) is 1. The van der Waals surface area contributed by atoms with Crippen LogP contribution < -0.4 is 0 Å². The summed E-state index contributed by atoms with van der Waals surface area (Å²) in [5.74, 6) is -0.408. The van der Waals surface area contributed by atoms with E-state index in [1.54, 1.807) is 61.5 Å². The van der Waals surface area contributed by atoms with Crippen LogP contribution >= 0.6 is 23.2 Å². The Kier molecular flexibility index (Phi) is 11.5. The van der Waals surface area contributed by atoms with E-state index in [4.69, 9.17) is 27.9 Å². The van der Waals surface area contributed by atoms with Gasteiger partial charge in [0.15, 0.2) is 0 Å². The van der Waals surface area contributed by atoms with Gasteiger partial charge >= 0.3 is 5.97 Å². The minimum Gasteiger partial charge on any atom is -0.462 e. The van der Waals surface area contributed by atoms with Gasteiger partial charge in [-0.05, 0) is 84.1 Å². The first-order valence-corrected chi connectivity index (χ1v) is 17.5. The molecule has 0 fully saturated rings. The number of halogens is 2. The monoisotopic (exact) mass is 687 g/mol. The maximum Gasteiger partial charge on any atom is 0.338 e. The number of carbonyl (C=O) groups excluding carboxylic acids is 1. The molecular formula is C38H35Cl2NO5S. The van der Waals surface area contributed by atoms with Gasteiger partial charge in [-0.3, -0.25) is 4.90 Å². The first-order chi connectivity index (χ1) is 22.6. The Morgan fingerprint density at radius 2 is 1.51 bits per heavy atom. The van der Waals surface area contributed by atoms with E-state index in [-0.39, 0.29) is 21.4 Å². The standard InChI is InChI=1S/C38H35Cl2NO5S/c1-2-46-38(43)30-15-13-29(14-16-30)35-20-19-34(24-36(35)40)47(44,45)33-17-11-27(12-18-33)21-22-41(25-28-7-4-3-5-8-28)26-37(42)31-9-6-10-32(39)23-31/h3-20,23-24,37,42H,2,21-22,25-26H2,1H3/t37-/m0/s1. The molecule has 6 nitrogen and oxygen atoms in total. The number of sulfone groups is 1. The summed E-state index contributed by atoms with van der Waals surface area (Å²) >= 11 is 12.7. The lowest BCUT2D eigenvalue weighted by Gasteiger charge is -2.25. The number of esters is 1. The van der Waals surface area contributed by atoms with Gasteiger partial charge in [0.1, 0.15) is 0 Å². The highest BCUT2D eigenvalue weighted by atomic mass is 35.5. The molecule has 0 unspecified atom stereocenters. The second-order valence-electron chi connectivity index (χ2n) is 11.1. The summed E-state index contributed by atoms with van der Waals surface area (Å²) in [6, 6.07) is 35.6. The number of aliphatic hydroxyl groups is 1. The zero-order valence-corrected chi connectivity index (χ0v) is 28.2. The fraction of sp³-hybridized carbons (Fsp3) is 0.184. The van der Waals surface area contributed by atoms with E-state index in [0.717, 1.165) is 22.3 Å². The largest absolute Gasteiger partial charge is 0.462 e. The number of ether oxygens (including phenoxy) is 1. The SMILES string of the molecule is CCOC(=O)c1ccc(-c2ccc(S(=O)(=O)c3ccc(CCN(Cc4ccccc4)C[C@H](O)c4cccc(Cl)c4)cc3)cc2Cl)cc1. The van der Waals surface area contributed by atoms with Gasteiger partial charge in [-0.25, -0.2) is 13.2 Å². The molecule has 0 heterocycles. The Morgan fingerprint density at radius 3 is 2.17 bits per heavy atom. The average Bonchev–Trinajstić information content (AvgIpc) is 3.08. The number of aliphatic hydroxyl groups excluding tert-OH is 1. The normalized spacial score (nSPS) is 12.2. The summed E-state index contributed by atoms with van der Waals surface area (Å²) in [4.78, 5) is 14.4. The van der Waals surface area contributed by atoms with Crippen LogP contribution in [0.15, 0.2) is 131 Å². The molecule has 0 aliphatic rings. The van der Waals surface area contributed by atoms with Crippen LogP contribution in [0, 0.1) is 0 Å². The fourth-order valence-corrected chi connectivity index (χ4v) is 7.14. The van der Waals surface area contributed by atoms with Crippen molar-refractivity contribution >= 4 is 39.0 Å². The summed E-state index contributed by atoms with van der Waals surface area (Å²) < 4.78 is 32.1. The lowest BCUT2D eigenvalue weighted by molar-refractivity contribution is 0.0526. The van der Waals surface area contributed by atoms with Crippen molar-refractivity contribution in [1.82, 2.24) is 4.90 Å².